The third-order valence-electron chi connectivity index (χ3n) is 3.09. The van der Waals surface area contributed by atoms with Crippen LogP contribution < -0.4 is 0 Å². The van der Waals surface area contributed by atoms with Gasteiger partial charge in [0.05, 0.1) is 5.92 Å². The van der Waals surface area contributed by atoms with Gasteiger partial charge in [-0.15, -0.1) is 0 Å². The van der Waals surface area contributed by atoms with E-state index in [9.17, 15) is 9.90 Å². The molecule has 2 nitrogen and oxygen atoms in total. The summed E-state index contributed by atoms with van der Waals surface area (Å²) in [5.74, 6) is -1.18. The van der Waals surface area contributed by atoms with Crippen molar-refractivity contribution in [3.05, 3.63) is 68.6 Å². The molecule has 104 valence electrons. The molecule has 0 unspecified atom stereocenters. The molecule has 0 amide bonds. The van der Waals surface area contributed by atoms with Crippen LogP contribution >= 0.6 is 31.9 Å². The number of halogens is 2. The van der Waals surface area contributed by atoms with Crippen LogP contribution in [0.3, 0.4) is 0 Å². The molecule has 0 aliphatic carbocycles. The first-order valence-electron chi connectivity index (χ1n) is 6.26. The predicted octanol–water partition coefficient (Wildman–Crippen LogP) is 4.70. The normalized spacial score (nSPS) is 10.8. The van der Waals surface area contributed by atoms with Gasteiger partial charge >= 0.3 is 5.97 Å². The fourth-order valence-corrected chi connectivity index (χ4v) is 3.04. The van der Waals surface area contributed by atoms with Crippen LogP contribution in [-0.2, 0) is 17.6 Å². The van der Waals surface area contributed by atoms with Crippen LogP contribution in [0.5, 0.6) is 0 Å². The van der Waals surface area contributed by atoms with Crippen LogP contribution in [0.2, 0.25) is 0 Å². The van der Waals surface area contributed by atoms with Gasteiger partial charge in [0.1, 0.15) is 0 Å². The van der Waals surface area contributed by atoms with Crippen molar-refractivity contribution < 1.29 is 9.90 Å². The number of benzene rings is 2. The summed E-state index contributed by atoms with van der Waals surface area (Å²) in [5.41, 5.74) is 2.06. The molecule has 0 fully saturated rings. The monoisotopic (exact) mass is 396 g/mol. The van der Waals surface area contributed by atoms with Crippen LogP contribution in [0.25, 0.3) is 0 Å². The van der Waals surface area contributed by atoms with E-state index in [4.69, 9.17) is 0 Å². The Kier molecular flexibility index (Phi) is 5.38. The Bertz CT molecular complexity index is 563. The van der Waals surface area contributed by atoms with Crippen LogP contribution in [-0.4, -0.2) is 11.1 Å². The second-order valence-corrected chi connectivity index (χ2v) is 6.53. The van der Waals surface area contributed by atoms with Crippen LogP contribution in [0.15, 0.2) is 57.5 Å². The standard InChI is InChI=1S/C16H14Br2O2/c17-14-5-1-3-11(9-14)7-13(16(19)20)8-12-4-2-6-15(18)10-12/h1-6,9-10,13H,7-8H2,(H,19,20). The number of aliphatic carboxylic acids is 1. The third-order valence-corrected chi connectivity index (χ3v) is 4.08. The van der Waals surface area contributed by atoms with E-state index in [1.807, 2.05) is 48.5 Å². The second kappa shape index (κ2) is 7.04. The summed E-state index contributed by atoms with van der Waals surface area (Å²) in [5, 5.41) is 9.41. The summed E-state index contributed by atoms with van der Waals surface area (Å²) in [7, 11) is 0. The third kappa shape index (κ3) is 4.46. The Morgan fingerprint density at radius 3 is 1.75 bits per heavy atom. The van der Waals surface area contributed by atoms with E-state index < -0.39 is 11.9 Å². The van der Waals surface area contributed by atoms with Crippen molar-refractivity contribution in [3.63, 3.8) is 0 Å². The van der Waals surface area contributed by atoms with E-state index >= 15 is 0 Å². The molecule has 2 aromatic carbocycles. The first-order valence-corrected chi connectivity index (χ1v) is 7.85. The summed E-state index contributed by atoms with van der Waals surface area (Å²) in [6.07, 6.45) is 1.06. The van der Waals surface area contributed by atoms with Gasteiger partial charge in [0, 0.05) is 8.95 Å². The van der Waals surface area contributed by atoms with Crippen molar-refractivity contribution >= 4 is 37.8 Å². The molecule has 0 saturated carbocycles. The largest absolute Gasteiger partial charge is 0.481 e. The number of carboxylic acid groups (broad SMARTS) is 1. The summed E-state index contributed by atoms with van der Waals surface area (Å²) in [6.45, 7) is 0. The van der Waals surface area contributed by atoms with Gasteiger partial charge in [0.15, 0.2) is 0 Å². The lowest BCUT2D eigenvalue weighted by Crippen LogP contribution is -2.19. The molecule has 1 N–H and O–H groups in total. The van der Waals surface area contributed by atoms with Crippen molar-refractivity contribution in [2.45, 2.75) is 12.8 Å². The van der Waals surface area contributed by atoms with Gasteiger partial charge in [-0.25, -0.2) is 0 Å². The first kappa shape index (κ1) is 15.3. The highest BCUT2D eigenvalue weighted by Gasteiger charge is 2.18. The summed E-state index contributed by atoms with van der Waals surface area (Å²) in [4.78, 5) is 11.5. The van der Waals surface area contributed by atoms with Crippen molar-refractivity contribution in [1.29, 1.82) is 0 Å². The van der Waals surface area contributed by atoms with Gasteiger partial charge in [0.25, 0.3) is 0 Å². The Morgan fingerprint density at radius 2 is 1.40 bits per heavy atom. The minimum atomic E-state index is -0.759. The van der Waals surface area contributed by atoms with E-state index in [-0.39, 0.29) is 0 Å². The molecular formula is C16H14Br2O2. The van der Waals surface area contributed by atoms with Crippen LogP contribution in [0, 0.1) is 5.92 Å². The molecule has 0 spiro atoms. The Hall–Kier alpha value is -1.13. The lowest BCUT2D eigenvalue weighted by Gasteiger charge is -2.13. The van der Waals surface area contributed by atoms with Gasteiger partial charge < -0.3 is 5.11 Å². The lowest BCUT2D eigenvalue weighted by atomic mass is 9.93. The molecule has 0 radical (unpaired) electrons. The minimum absolute atomic E-state index is 0.418. The highest BCUT2D eigenvalue weighted by Crippen LogP contribution is 2.20. The zero-order valence-electron chi connectivity index (χ0n) is 10.7. The molecule has 0 heterocycles. The SMILES string of the molecule is O=C(O)C(Cc1cccc(Br)c1)Cc1cccc(Br)c1. The highest BCUT2D eigenvalue weighted by atomic mass is 79.9. The number of hydrogen-bond acceptors (Lipinski definition) is 1. The molecule has 2 aromatic rings. The predicted molar refractivity (Wildman–Crippen MR) is 86.8 cm³/mol. The summed E-state index contributed by atoms with van der Waals surface area (Å²) < 4.78 is 1.95. The Balaban J connectivity index is 2.13. The van der Waals surface area contributed by atoms with Crippen molar-refractivity contribution in [1.82, 2.24) is 0 Å². The van der Waals surface area contributed by atoms with E-state index in [0.717, 1.165) is 20.1 Å². The molecule has 0 bridgehead atoms. The van der Waals surface area contributed by atoms with E-state index in [1.165, 1.54) is 0 Å². The van der Waals surface area contributed by atoms with Crippen molar-refractivity contribution in [3.8, 4) is 0 Å². The molecule has 0 saturated heterocycles. The van der Waals surface area contributed by atoms with Gasteiger partial charge in [-0.1, -0.05) is 56.1 Å². The van der Waals surface area contributed by atoms with Gasteiger partial charge in [-0.05, 0) is 48.2 Å². The molecule has 0 aromatic heterocycles. The van der Waals surface area contributed by atoms with Gasteiger partial charge in [-0.3, -0.25) is 4.79 Å². The molecule has 0 atom stereocenters. The van der Waals surface area contributed by atoms with E-state index in [2.05, 4.69) is 31.9 Å². The first-order chi connectivity index (χ1) is 9.54. The summed E-state index contributed by atoms with van der Waals surface area (Å²) in [6, 6.07) is 15.6. The zero-order chi connectivity index (χ0) is 14.5. The zero-order valence-corrected chi connectivity index (χ0v) is 13.9. The topological polar surface area (TPSA) is 37.3 Å². The summed E-state index contributed by atoms with van der Waals surface area (Å²) >= 11 is 6.82. The van der Waals surface area contributed by atoms with Crippen molar-refractivity contribution in [2.24, 2.45) is 5.92 Å². The van der Waals surface area contributed by atoms with Gasteiger partial charge in [0.2, 0.25) is 0 Å². The van der Waals surface area contributed by atoms with E-state index in [1.54, 1.807) is 0 Å². The smallest absolute Gasteiger partial charge is 0.307 e. The maximum atomic E-state index is 11.5. The average molecular weight is 398 g/mol. The average Bonchev–Trinajstić information content (AvgIpc) is 2.38. The lowest BCUT2D eigenvalue weighted by molar-refractivity contribution is -0.141. The molecule has 20 heavy (non-hydrogen) atoms. The maximum Gasteiger partial charge on any atom is 0.307 e. The molecule has 0 aliphatic heterocycles. The van der Waals surface area contributed by atoms with Crippen LogP contribution in [0.4, 0.5) is 0 Å². The fourth-order valence-electron chi connectivity index (χ4n) is 2.14. The quantitative estimate of drug-likeness (QED) is 0.793. The Labute approximate surface area is 135 Å². The number of carbonyl (C=O) groups is 1. The Morgan fingerprint density at radius 1 is 0.950 bits per heavy atom. The fraction of sp³-hybridized carbons (Fsp3) is 0.188. The highest BCUT2D eigenvalue weighted by molar-refractivity contribution is 9.10. The van der Waals surface area contributed by atoms with Gasteiger partial charge in [-0.2, -0.15) is 0 Å². The number of hydrogen-bond donors (Lipinski definition) is 1. The molecule has 0 aliphatic rings. The van der Waals surface area contributed by atoms with E-state index in [0.29, 0.717) is 12.8 Å². The molecule has 4 heteroatoms. The number of carboxylic acids is 1. The molecule has 2 rings (SSSR count). The van der Waals surface area contributed by atoms with Crippen LogP contribution in [0.1, 0.15) is 11.1 Å². The minimum Gasteiger partial charge on any atom is -0.481 e. The second-order valence-electron chi connectivity index (χ2n) is 4.70. The number of rotatable bonds is 5. The maximum absolute atomic E-state index is 11.5. The molecular weight excluding hydrogens is 384 g/mol. The van der Waals surface area contributed by atoms with Crippen molar-refractivity contribution in [2.75, 3.05) is 0 Å².